The fourth-order valence-electron chi connectivity index (χ4n) is 4.53. The van der Waals surface area contributed by atoms with E-state index in [-0.39, 0.29) is 53.4 Å². The summed E-state index contributed by atoms with van der Waals surface area (Å²) >= 11 is 24.9. The summed E-state index contributed by atoms with van der Waals surface area (Å²) in [6.45, 7) is 0.517. The van der Waals surface area contributed by atoms with Crippen LogP contribution in [0.3, 0.4) is 0 Å². The Morgan fingerprint density at radius 1 is 1.15 bits per heavy atom. The lowest BCUT2D eigenvalue weighted by Gasteiger charge is -2.37. The number of ketones is 1. The van der Waals surface area contributed by atoms with Crippen molar-refractivity contribution in [2.24, 2.45) is 18.7 Å². The van der Waals surface area contributed by atoms with Gasteiger partial charge in [0.2, 0.25) is 11.1 Å². The molecule has 1 aliphatic heterocycles. The number of hydrogen-bond acceptors (Lipinski definition) is 5. The number of nitrogens with zero attached hydrogens (tertiary/aromatic N) is 2. The molecule has 0 bridgehead atoms. The van der Waals surface area contributed by atoms with E-state index in [2.05, 4.69) is 10.4 Å². The molecule has 1 aliphatic rings. The zero-order valence-corrected chi connectivity index (χ0v) is 21.2. The summed E-state index contributed by atoms with van der Waals surface area (Å²) in [5.41, 5.74) is 7.42. The van der Waals surface area contributed by atoms with Gasteiger partial charge < -0.3 is 15.5 Å². The van der Waals surface area contributed by atoms with Gasteiger partial charge in [0.15, 0.2) is 11.5 Å². The van der Waals surface area contributed by atoms with Gasteiger partial charge in [0.25, 0.3) is 0 Å². The molecule has 4 rings (SSSR count). The van der Waals surface area contributed by atoms with Crippen molar-refractivity contribution >= 4 is 58.1 Å². The van der Waals surface area contributed by atoms with Crippen molar-refractivity contribution < 1.29 is 14.0 Å². The van der Waals surface area contributed by atoms with Gasteiger partial charge in [0, 0.05) is 25.9 Å². The highest BCUT2D eigenvalue weighted by atomic mass is 35.5. The number of hydrogen-bond donors (Lipinski definition) is 2. The van der Waals surface area contributed by atoms with Gasteiger partial charge >= 0.3 is 0 Å². The Hall–Kier alpha value is -2.03. The molecule has 3 N–H and O–H groups in total. The van der Waals surface area contributed by atoms with Gasteiger partial charge in [-0.2, -0.15) is 5.10 Å². The minimum absolute atomic E-state index is 0.0410. The quantitative estimate of drug-likeness (QED) is 0.383. The second-order valence-electron chi connectivity index (χ2n) is 8.44. The number of aryl methyl sites for hydroxylation is 1. The van der Waals surface area contributed by atoms with Crippen LogP contribution in [0.5, 0.6) is 0 Å². The number of halogens is 4. The van der Waals surface area contributed by atoms with Crippen LogP contribution in [0.1, 0.15) is 41.3 Å². The van der Waals surface area contributed by atoms with Crippen molar-refractivity contribution in [3.8, 4) is 11.3 Å². The van der Waals surface area contributed by atoms with Crippen molar-refractivity contribution in [2.75, 3.05) is 6.54 Å². The Labute approximate surface area is 216 Å². The molecule has 1 aromatic carbocycles. The average molecular weight is 544 g/mol. The predicted octanol–water partition coefficient (Wildman–Crippen LogP) is 5.50. The standard InChI is InChI=1S/C23H22Cl4N4O3/c1-31-22(18(26)10-30-31)15-8-20(34-23(15)27)19(32)5-12-9-29-13(7-21(28)33)6-14(12)11-2-3-16(24)17(25)4-11/h2-4,8,10,12-14,29H,5-7,9H2,1H3,(H2,28,33)/t12-,13?,14+/m1/s1. The second kappa shape index (κ2) is 10.3. The molecule has 180 valence electrons. The van der Waals surface area contributed by atoms with Gasteiger partial charge in [-0.05, 0) is 60.2 Å². The lowest BCUT2D eigenvalue weighted by atomic mass is 9.75. The molecule has 11 heteroatoms. The van der Waals surface area contributed by atoms with Crippen LogP contribution >= 0.6 is 46.4 Å². The first-order chi connectivity index (χ1) is 16.1. The van der Waals surface area contributed by atoms with Crippen LogP contribution in [-0.2, 0) is 11.8 Å². The van der Waals surface area contributed by atoms with E-state index in [1.807, 2.05) is 12.1 Å². The summed E-state index contributed by atoms with van der Waals surface area (Å²) < 4.78 is 7.16. The number of rotatable bonds is 7. The lowest BCUT2D eigenvalue weighted by Crippen LogP contribution is -2.45. The number of benzene rings is 1. The molecule has 0 saturated carbocycles. The molecule has 1 unspecified atom stereocenters. The van der Waals surface area contributed by atoms with Crippen LogP contribution in [0.2, 0.25) is 20.3 Å². The Bertz CT molecular complexity index is 1220. The van der Waals surface area contributed by atoms with Crippen LogP contribution in [0.25, 0.3) is 11.3 Å². The van der Waals surface area contributed by atoms with Gasteiger partial charge in [-0.1, -0.05) is 40.9 Å². The normalized spacial score (nSPS) is 20.4. The Morgan fingerprint density at radius 2 is 1.91 bits per heavy atom. The highest BCUT2D eigenvalue weighted by Gasteiger charge is 2.34. The number of carbonyl (C=O) groups excluding carboxylic acids is 2. The Kier molecular flexibility index (Phi) is 7.60. The maximum atomic E-state index is 13.2. The molecular weight excluding hydrogens is 522 g/mol. The van der Waals surface area contributed by atoms with E-state index in [0.29, 0.717) is 39.3 Å². The molecule has 2 aromatic heterocycles. The first-order valence-corrected chi connectivity index (χ1v) is 12.1. The van der Waals surface area contributed by atoms with Gasteiger partial charge in [0.05, 0.1) is 32.5 Å². The third-order valence-electron chi connectivity index (χ3n) is 6.15. The molecule has 34 heavy (non-hydrogen) atoms. The molecule has 0 radical (unpaired) electrons. The summed E-state index contributed by atoms with van der Waals surface area (Å²) in [4.78, 5) is 24.7. The van der Waals surface area contributed by atoms with Crippen molar-refractivity contribution in [2.45, 2.75) is 31.2 Å². The van der Waals surface area contributed by atoms with Crippen LogP contribution in [0, 0.1) is 5.92 Å². The third kappa shape index (κ3) is 5.29. The summed E-state index contributed by atoms with van der Waals surface area (Å²) in [5.74, 6) is -0.560. The van der Waals surface area contributed by atoms with Crippen LogP contribution in [0.4, 0.5) is 0 Å². The number of Topliss-reactive ketones (excluding diaryl/α,β-unsaturated/α-hetero) is 1. The molecule has 7 nitrogen and oxygen atoms in total. The van der Waals surface area contributed by atoms with Gasteiger partial charge in [-0.3, -0.25) is 14.3 Å². The Morgan fingerprint density at radius 3 is 2.56 bits per heavy atom. The summed E-state index contributed by atoms with van der Waals surface area (Å²) in [6, 6.07) is 6.94. The smallest absolute Gasteiger partial charge is 0.218 e. The highest BCUT2D eigenvalue weighted by molar-refractivity contribution is 6.42. The maximum absolute atomic E-state index is 13.2. The third-order valence-corrected chi connectivity index (χ3v) is 7.45. The van der Waals surface area contributed by atoms with Crippen molar-refractivity contribution in [3.63, 3.8) is 0 Å². The number of furan rings is 1. The van der Waals surface area contributed by atoms with E-state index in [1.165, 1.54) is 6.20 Å². The molecule has 3 heterocycles. The van der Waals surface area contributed by atoms with Gasteiger partial charge in [0.1, 0.15) is 0 Å². The fourth-order valence-corrected chi connectivity index (χ4v) is 5.33. The van der Waals surface area contributed by atoms with Crippen LogP contribution < -0.4 is 11.1 Å². The first kappa shape index (κ1) is 25.1. The zero-order chi connectivity index (χ0) is 24.6. The van der Waals surface area contributed by atoms with E-state index in [4.69, 9.17) is 56.6 Å². The first-order valence-electron chi connectivity index (χ1n) is 10.6. The summed E-state index contributed by atoms with van der Waals surface area (Å²) in [5, 5.41) is 8.80. The Balaban J connectivity index is 1.58. The lowest BCUT2D eigenvalue weighted by molar-refractivity contribution is -0.118. The average Bonchev–Trinajstić information content (AvgIpc) is 3.31. The number of aromatic nitrogens is 2. The van der Waals surface area contributed by atoms with E-state index in [1.54, 1.807) is 23.9 Å². The largest absolute Gasteiger partial charge is 0.441 e. The molecule has 1 fully saturated rings. The number of nitrogens with two attached hydrogens (primary N) is 1. The summed E-state index contributed by atoms with van der Waals surface area (Å²) in [7, 11) is 1.73. The molecular formula is C23H22Cl4N4O3. The number of amides is 1. The number of primary amides is 1. The van der Waals surface area contributed by atoms with E-state index >= 15 is 0 Å². The molecule has 0 aliphatic carbocycles. The van der Waals surface area contributed by atoms with Crippen LogP contribution in [-0.4, -0.2) is 34.1 Å². The van der Waals surface area contributed by atoms with Crippen molar-refractivity contribution in [1.29, 1.82) is 0 Å². The minimum Gasteiger partial charge on any atom is -0.441 e. The second-order valence-corrected chi connectivity index (χ2v) is 10.0. The van der Waals surface area contributed by atoms with E-state index < -0.39 is 0 Å². The van der Waals surface area contributed by atoms with Gasteiger partial charge in [-0.25, -0.2) is 0 Å². The highest BCUT2D eigenvalue weighted by Crippen LogP contribution is 2.40. The van der Waals surface area contributed by atoms with E-state index in [9.17, 15) is 9.59 Å². The molecule has 3 aromatic rings. The fraction of sp³-hybridized carbons (Fsp3) is 0.348. The van der Waals surface area contributed by atoms with Crippen LogP contribution in [0.15, 0.2) is 34.9 Å². The zero-order valence-electron chi connectivity index (χ0n) is 18.2. The predicted molar refractivity (Wildman–Crippen MR) is 133 cm³/mol. The van der Waals surface area contributed by atoms with E-state index in [0.717, 1.165) is 5.56 Å². The van der Waals surface area contributed by atoms with Crippen molar-refractivity contribution in [3.05, 3.63) is 62.1 Å². The SMILES string of the molecule is Cn1ncc(Cl)c1-c1cc(C(=O)C[C@@H]2CNC(CC(N)=O)C[C@H]2c2ccc(Cl)c(Cl)c2)oc1Cl. The monoisotopic (exact) mass is 542 g/mol. The van der Waals surface area contributed by atoms with Crippen molar-refractivity contribution in [1.82, 2.24) is 15.1 Å². The number of carbonyl (C=O) groups is 2. The summed E-state index contributed by atoms with van der Waals surface area (Å²) in [6.07, 6.45) is 2.53. The number of piperidine rings is 1. The molecule has 1 amide bonds. The van der Waals surface area contributed by atoms with Gasteiger partial charge in [-0.15, -0.1) is 0 Å². The molecule has 3 atom stereocenters. The maximum Gasteiger partial charge on any atom is 0.218 e. The molecule has 0 spiro atoms. The molecule has 1 saturated heterocycles. The number of nitrogens with one attached hydrogen (secondary N) is 1. The topological polar surface area (TPSA) is 103 Å². The minimum atomic E-state index is -0.383.